The van der Waals surface area contributed by atoms with Gasteiger partial charge in [0.05, 0.1) is 30.8 Å². The normalized spacial score (nSPS) is 19.8. The summed E-state index contributed by atoms with van der Waals surface area (Å²) in [7, 11) is 1.53. The van der Waals surface area contributed by atoms with E-state index in [2.05, 4.69) is 20.4 Å². The van der Waals surface area contributed by atoms with Gasteiger partial charge in [-0.15, -0.1) is 10.2 Å². The smallest absolute Gasteiger partial charge is 0.417 e. The quantitative estimate of drug-likeness (QED) is 0.451. The van der Waals surface area contributed by atoms with Crippen molar-refractivity contribution in [1.29, 1.82) is 0 Å². The summed E-state index contributed by atoms with van der Waals surface area (Å²) in [6, 6.07) is 5.34. The number of aryl methyl sites for hydroxylation is 1. The van der Waals surface area contributed by atoms with Crippen LogP contribution in [0.4, 0.5) is 22.0 Å². The molecule has 1 aliphatic heterocycles. The second-order valence-corrected chi connectivity index (χ2v) is 8.96. The zero-order valence-corrected chi connectivity index (χ0v) is 19.8. The van der Waals surface area contributed by atoms with Gasteiger partial charge >= 0.3 is 6.18 Å². The summed E-state index contributed by atoms with van der Waals surface area (Å²) in [5.74, 6) is -4.64. The third-order valence-electron chi connectivity index (χ3n) is 5.77. The van der Waals surface area contributed by atoms with Crippen molar-refractivity contribution in [2.24, 2.45) is 13.0 Å². The first-order chi connectivity index (χ1) is 16.8. The maximum absolute atomic E-state index is 14.6. The molecule has 0 bridgehead atoms. The zero-order valence-electron chi connectivity index (χ0n) is 19.0. The van der Waals surface area contributed by atoms with Crippen LogP contribution in [0.15, 0.2) is 36.5 Å². The molecule has 3 heterocycles. The molecule has 1 aliphatic rings. The number of carbonyl (C=O) groups excluding carboxylic acids is 1. The minimum atomic E-state index is -4.56. The molecule has 0 spiro atoms. The Morgan fingerprint density at radius 1 is 1.25 bits per heavy atom. The van der Waals surface area contributed by atoms with Gasteiger partial charge in [0.2, 0.25) is 11.7 Å². The summed E-state index contributed by atoms with van der Waals surface area (Å²) in [5, 5.41) is 11.9. The molecule has 1 aromatic carbocycles. The van der Waals surface area contributed by atoms with E-state index in [0.717, 1.165) is 17.0 Å². The molecule has 4 rings (SSSR count). The molecule has 0 aliphatic carbocycles. The molecule has 1 unspecified atom stereocenters. The molecule has 14 heteroatoms. The zero-order chi connectivity index (χ0) is 26.3. The van der Waals surface area contributed by atoms with Crippen LogP contribution in [0.25, 0.3) is 11.4 Å². The summed E-state index contributed by atoms with van der Waals surface area (Å²) < 4.78 is 73.0. The number of rotatable bonds is 5. The monoisotopic (exact) mass is 530 g/mol. The minimum absolute atomic E-state index is 0.00180. The predicted molar refractivity (Wildman–Crippen MR) is 118 cm³/mol. The molecule has 0 N–H and O–H groups in total. The summed E-state index contributed by atoms with van der Waals surface area (Å²) in [5.41, 5.74) is -0.704. The van der Waals surface area contributed by atoms with Crippen LogP contribution in [0.5, 0.6) is 5.88 Å². The van der Waals surface area contributed by atoms with Crippen molar-refractivity contribution < 1.29 is 31.5 Å². The molecule has 192 valence electrons. The SMILES string of the molecule is CC1CC(F)(F)CN(C(=O)c2cc(Cl)ccc2-c2nnn(C)n2)[C@@H]1COc1ccc(C(F)(F)F)cn1. The van der Waals surface area contributed by atoms with E-state index in [0.29, 0.717) is 6.20 Å². The van der Waals surface area contributed by atoms with E-state index < -0.39 is 48.5 Å². The predicted octanol–water partition coefficient (Wildman–Crippen LogP) is 4.51. The molecule has 1 saturated heterocycles. The van der Waals surface area contributed by atoms with Crippen molar-refractivity contribution >= 4 is 17.5 Å². The van der Waals surface area contributed by atoms with Gasteiger partial charge < -0.3 is 9.64 Å². The van der Waals surface area contributed by atoms with Crippen molar-refractivity contribution in [1.82, 2.24) is 30.1 Å². The van der Waals surface area contributed by atoms with E-state index in [1.54, 1.807) is 6.92 Å². The van der Waals surface area contributed by atoms with Gasteiger partial charge in [0, 0.05) is 29.3 Å². The maximum atomic E-state index is 14.6. The number of nitrogens with zero attached hydrogens (tertiary/aromatic N) is 6. The Morgan fingerprint density at radius 2 is 2.00 bits per heavy atom. The highest BCUT2D eigenvalue weighted by atomic mass is 35.5. The molecule has 2 aromatic heterocycles. The molecule has 0 radical (unpaired) electrons. The molecule has 1 fully saturated rings. The number of alkyl halides is 5. The Labute approximate surface area is 207 Å². The summed E-state index contributed by atoms with van der Waals surface area (Å²) >= 11 is 6.11. The van der Waals surface area contributed by atoms with Gasteiger partial charge in [-0.05, 0) is 35.4 Å². The van der Waals surface area contributed by atoms with Gasteiger partial charge in [-0.25, -0.2) is 13.8 Å². The van der Waals surface area contributed by atoms with Gasteiger partial charge in [-0.1, -0.05) is 18.5 Å². The third-order valence-corrected chi connectivity index (χ3v) is 6.00. The molecule has 3 aromatic rings. The Kier molecular flexibility index (Phi) is 6.86. The van der Waals surface area contributed by atoms with Crippen molar-refractivity contribution in [3.63, 3.8) is 0 Å². The van der Waals surface area contributed by atoms with E-state index >= 15 is 0 Å². The lowest BCUT2D eigenvalue weighted by atomic mass is 9.88. The number of amides is 1. The lowest BCUT2D eigenvalue weighted by Crippen LogP contribution is -2.57. The number of tetrazole rings is 1. The van der Waals surface area contributed by atoms with Crippen LogP contribution in [-0.4, -0.2) is 61.1 Å². The van der Waals surface area contributed by atoms with Gasteiger partial charge in [-0.3, -0.25) is 4.79 Å². The highest BCUT2D eigenvalue weighted by Crippen LogP contribution is 2.37. The first-order valence-corrected chi connectivity index (χ1v) is 11.1. The van der Waals surface area contributed by atoms with Crippen LogP contribution in [0.3, 0.4) is 0 Å². The maximum Gasteiger partial charge on any atom is 0.417 e. The number of halogens is 6. The van der Waals surface area contributed by atoms with Gasteiger partial charge in [0.15, 0.2) is 0 Å². The topological polar surface area (TPSA) is 86.0 Å². The van der Waals surface area contributed by atoms with Gasteiger partial charge in [0.25, 0.3) is 11.8 Å². The largest absolute Gasteiger partial charge is 0.475 e. The first-order valence-electron chi connectivity index (χ1n) is 10.7. The number of likely N-dealkylation sites (tertiary alicyclic amines) is 1. The van der Waals surface area contributed by atoms with E-state index in [1.807, 2.05) is 0 Å². The molecule has 1 amide bonds. The van der Waals surface area contributed by atoms with E-state index in [1.165, 1.54) is 30.0 Å². The number of hydrogen-bond acceptors (Lipinski definition) is 6. The fourth-order valence-electron chi connectivity index (χ4n) is 4.06. The van der Waals surface area contributed by atoms with E-state index in [4.69, 9.17) is 16.3 Å². The van der Waals surface area contributed by atoms with Crippen LogP contribution in [0, 0.1) is 5.92 Å². The van der Waals surface area contributed by atoms with Crippen molar-refractivity contribution in [3.8, 4) is 17.3 Å². The summed E-state index contributed by atoms with van der Waals surface area (Å²) in [6.45, 7) is 0.399. The number of ether oxygens (including phenoxy) is 1. The number of benzene rings is 1. The average molecular weight is 531 g/mol. The molecule has 0 saturated carbocycles. The highest BCUT2D eigenvalue weighted by Gasteiger charge is 2.47. The highest BCUT2D eigenvalue weighted by molar-refractivity contribution is 6.31. The van der Waals surface area contributed by atoms with Gasteiger partial charge in [0.1, 0.15) is 6.61 Å². The Morgan fingerprint density at radius 3 is 2.61 bits per heavy atom. The number of hydrogen-bond donors (Lipinski definition) is 0. The molecule has 2 atom stereocenters. The van der Waals surface area contributed by atoms with Crippen molar-refractivity contribution in [3.05, 3.63) is 52.7 Å². The fraction of sp³-hybridized carbons (Fsp3) is 0.409. The van der Waals surface area contributed by atoms with E-state index in [9.17, 15) is 26.7 Å². The number of pyridine rings is 1. The van der Waals surface area contributed by atoms with Crippen LogP contribution in [0.2, 0.25) is 5.02 Å². The molecule has 8 nitrogen and oxygen atoms in total. The third kappa shape index (κ3) is 5.55. The Hall–Kier alpha value is -3.35. The minimum Gasteiger partial charge on any atom is -0.475 e. The Bertz CT molecular complexity index is 1250. The number of aromatic nitrogens is 5. The standard InChI is InChI=1S/C22H20ClF5N6O2/c1-12-8-21(24,25)11-34(17(12)10-36-18-6-3-13(9-29-18)22(26,27)28)20(35)16-7-14(23)4-5-15(16)19-30-32-33(2)31-19/h3-7,9,12,17H,8,10-11H2,1-2H3/t12?,17-/m1/s1. The van der Waals surface area contributed by atoms with E-state index in [-0.39, 0.29) is 34.5 Å². The summed E-state index contributed by atoms with van der Waals surface area (Å²) in [4.78, 5) is 19.4. The first kappa shape index (κ1) is 25.7. The second-order valence-electron chi connectivity index (χ2n) is 8.52. The Balaban J connectivity index is 1.63. The van der Waals surface area contributed by atoms with Crippen LogP contribution < -0.4 is 4.74 Å². The molecule has 36 heavy (non-hydrogen) atoms. The van der Waals surface area contributed by atoms with Crippen LogP contribution >= 0.6 is 11.6 Å². The number of piperidine rings is 1. The van der Waals surface area contributed by atoms with Crippen LogP contribution in [0.1, 0.15) is 29.3 Å². The lowest BCUT2D eigenvalue weighted by molar-refractivity contribution is -0.137. The molecular weight excluding hydrogens is 511 g/mol. The second kappa shape index (κ2) is 9.60. The van der Waals surface area contributed by atoms with Crippen LogP contribution in [-0.2, 0) is 13.2 Å². The lowest BCUT2D eigenvalue weighted by Gasteiger charge is -2.43. The summed E-state index contributed by atoms with van der Waals surface area (Å²) in [6.07, 6.45) is -4.45. The average Bonchev–Trinajstić information content (AvgIpc) is 3.22. The van der Waals surface area contributed by atoms with Crippen molar-refractivity contribution in [2.75, 3.05) is 13.2 Å². The number of carbonyl (C=O) groups is 1. The fourth-order valence-corrected chi connectivity index (χ4v) is 4.23. The molecular formula is C22H20ClF5N6O2. The van der Waals surface area contributed by atoms with Gasteiger partial charge in [-0.2, -0.15) is 18.0 Å². The van der Waals surface area contributed by atoms with Crippen molar-refractivity contribution in [2.45, 2.75) is 31.5 Å².